The van der Waals surface area contributed by atoms with E-state index >= 15 is 0 Å². The summed E-state index contributed by atoms with van der Waals surface area (Å²) in [4.78, 5) is 11.7. The van der Waals surface area contributed by atoms with E-state index in [9.17, 15) is 9.90 Å². The predicted octanol–water partition coefficient (Wildman–Crippen LogP) is 1.73. The van der Waals surface area contributed by atoms with Gasteiger partial charge in [0.1, 0.15) is 11.4 Å². The van der Waals surface area contributed by atoms with Crippen LogP contribution in [0.15, 0.2) is 18.2 Å². The molecule has 6 nitrogen and oxygen atoms in total. The van der Waals surface area contributed by atoms with Crippen molar-refractivity contribution in [3.8, 4) is 5.75 Å². The van der Waals surface area contributed by atoms with Crippen LogP contribution in [0.5, 0.6) is 5.75 Å². The maximum Gasteiger partial charge on any atom is 0.412 e. The second-order valence-electron chi connectivity index (χ2n) is 5.19. The van der Waals surface area contributed by atoms with Gasteiger partial charge in [0, 0.05) is 5.69 Å². The van der Waals surface area contributed by atoms with Crippen molar-refractivity contribution in [3.63, 3.8) is 0 Å². The Kier molecular flexibility index (Phi) is 4.74. The Morgan fingerprint density at radius 1 is 1.47 bits per heavy atom. The van der Waals surface area contributed by atoms with E-state index in [2.05, 4.69) is 5.32 Å². The number of amides is 1. The molecule has 0 heterocycles. The van der Waals surface area contributed by atoms with Crippen molar-refractivity contribution in [1.82, 2.24) is 0 Å². The van der Waals surface area contributed by atoms with Gasteiger partial charge in [-0.15, -0.1) is 0 Å². The van der Waals surface area contributed by atoms with Crippen LogP contribution in [-0.2, 0) is 4.74 Å². The molecule has 0 aliphatic heterocycles. The minimum atomic E-state index is -0.697. The fourth-order valence-electron chi connectivity index (χ4n) is 1.48. The fraction of sp³-hybridized carbons (Fsp3) is 0.462. The summed E-state index contributed by atoms with van der Waals surface area (Å²) in [6, 6.07) is 3.62. The minimum Gasteiger partial charge on any atom is -0.508 e. The highest BCUT2D eigenvalue weighted by Gasteiger charge is 2.18. The van der Waals surface area contributed by atoms with E-state index in [-0.39, 0.29) is 12.4 Å². The zero-order chi connectivity index (χ0) is 14.6. The fourth-order valence-corrected chi connectivity index (χ4v) is 1.48. The van der Waals surface area contributed by atoms with Crippen molar-refractivity contribution >= 4 is 11.8 Å². The molecule has 19 heavy (non-hydrogen) atoms. The van der Waals surface area contributed by atoms with Crippen LogP contribution < -0.4 is 11.1 Å². The number of aliphatic hydroxyl groups excluding tert-OH is 1. The Morgan fingerprint density at radius 3 is 2.63 bits per heavy atom. The van der Waals surface area contributed by atoms with Crippen molar-refractivity contribution in [2.24, 2.45) is 5.73 Å². The zero-order valence-electron chi connectivity index (χ0n) is 11.3. The summed E-state index contributed by atoms with van der Waals surface area (Å²) in [5.74, 6) is 0.00800. The van der Waals surface area contributed by atoms with E-state index in [4.69, 9.17) is 15.6 Å². The number of carbonyl (C=O) groups is 1. The minimum absolute atomic E-state index is 0.00800. The average molecular weight is 268 g/mol. The number of nitrogens with one attached hydrogen (secondary N) is 1. The first-order valence-corrected chi connectivity index (χ1v) is 5.92. The van der Waals surface area contributed by atoms with Crippen LogP contribution in [-0.4, -0.2) is 28.5 Å². The molecule has 1 unspecified atom stereocenters. The van der Waals surface area contributed by atoms with Crippen LogP contribution in [0.1, 0.15) is 32.4 Å². The van der Waals surface area contributed by atoms with Crippen LogP contribution in [0.3, 0.4) is 0 Å². The van der Waals surface area contributed by atoms with E-state index in [0.717, 1.165) is 0 Å². The van der Waals surface area contributed by atoms with Gasteiger partial charge in [0.2, 0.25) is 0 Å². The van der Waals surface area contributed by atoms with Gasteiger partial charge < -0.3 is 20.7 Å². The van der Waals surface area contributed by atoms with E-state index in [1.165, 1.54) is 18.2 Å². The molecule has 0 bridgehead atoms. The third-order valence-electron chi connectivity index (χ3n) is 2.27. The van der Waals surface area contributed by atoms with Gasteiger partial charge >= 0.3 is 6.09 Å². The quantitative estimate of drug-likeness (QED) is 0.625. The molecule has 6 heteroatoms. The third kappa shape index (κ3) is 4.76. The van der Waals surface area contributed by atoms with E-state index in [1.807, 2.05) is 0 Å². The van der Waals surface area contributed by atoms with Crippen molar-refractivity contribution in [1.29, 1.82) is 0 Å². The molecule has 1 aromatic rings. The number of aliphatic hydroxyl groups is 1. The van der Waals surface area contributed by atoms with E-state index < -0.39 is 17.7 Å². The number of carbonyl (C=O) groups excluding carboxylic acids is 1. The van der Waals surface area contributed by atoms with Gasteiger partial charge in [-0.1, -0.05) is 0 Å². The number of benzene rings is 1. The molecule has 0 aliphatic rings. The Balaban J connectivity index is 2.91. The summed E-state index contributed by atoms with van der Waals surface area (Å²) in [7, 11) is 0. The molecule has 0 saturated carbocycles. The van der Waals surface area contributed by atoms with Gasteiger partial charge in [0.05, 0.1) is 12.6 Å². The van der Waals surface area contributed by atoms with Crippen LogP contribution >= 0.6 is 0 Å². The van der Waals surface area contributed by atoms with E-state index in [0.29, 0.717) is 11.3 Å². The molecule has 5 N–H and O–H groups in total. The standard InChI is InChI=1S/C13H20N2O4/c1-13(2,3)19-12(18)15-11-5-4-8(17)6-9(11)10(14)7-16/h4-6,10,16-17H,7,14H2,1-3H3,(H,15,18). The molecule has 0 spiro atoms. The number of anilines is 1. The smallest absolute Gasteiger partial charge is 0.412 e. The first-order chi connectivity index (χ1) is 8.73. The molecule has 0 fully saturated rings. The summed E-state index contributed by atoms with van der Waals surface area (Å²) in [6.07, 6.45) is -0.621. The molecule has 0 aliphatic carbocycles. The van der Waals surface area contributed by atoms with Crippen molar-refractivity contribution < 1.29 is 19.7 Å². The maximum absolute atomic E-state index is 11.7. The average Bonchev–Trinajstić information content (AvgIpc) is 2.28. The molecule has 0 radical (unpaired) electrons. The monoisotopic (exact) mass is 268 g/mol. The number of phenols is 1. The number of ether oxygens (including phenoxy) is 1. The SMILES string of the molecule is CC(C)(C)OC(=O)Nc1ccc(O)cc1C(N)CO. The molecule has 0 aromatic heterocycles. The van der Waals surface area contributed by atoms with Gasteiger partial charge in [-0.05, 0) is 44.5 Å². The van der Waals surface area contributed by atoms with Gasteiger partial charge in [-0.25, -0.2) is 4.79 Å². The second kappa shape index (κ2) is 5.90. The number of hydrogen-bond donors (Lipinski definition) is 4. The van der Waals surface area contributed by atoms with Crippen LogP contribution in [0, 0.1) is 0 Å². The van der Waals surface area contributed by atoms with Crippen LogP contribution in [0.25, 0.3) is 0 Å². The normalized spacial score (nSPS) is 12.9. The Bertz CT molecular complexity index is 454. The first kappa shape index (κ1) is 15.3. The van der Waals surface area contributed by atoms with Gasteiger partial charge in [-0.3, -0.25) is 5.32 Å². The molecular formula is C13H20N2O4. The Labute approximate surface area is 112 Å². The lowest BCUT2D eigenvalue weighted by Crippen LogP contribution is -2.28. The number of rotatable bonds is 3. The lowest BCUT2D eigenvalue weighted by atomic mass is 10.1. The van der Waals surface area contributed by atoms with Crippen molar-refractivity contribution in [3.05, 3.63) is 23.8 Å². The first-order valence-electron chi connectivity index (χ1n) is 5.92. The third-order valence-corrected chi connectivity index (χ3v) is 2.27. The van der Waals surface area contributed by atoms with Crippen LogP contribution in [0.2, 0.25) is 0 Å². The summed E-state index contributed by atoms with van der Waals surface area (Å²) in [6.45, 7) is 4.96. The van der Waals surface area contributed by atoms with Gasteiger partial charge in [0.25, 0.3) is 0 Å². The molecule has 0 saturated heterocycles. The summed E-state index contributed by atoms with van der Waals surface area (Å²) < 4.78 is 5.12. The molecule has 1 rings (SSSR count). The summed E-state index contributed by atoms with van der Waals surface area (Å²) in [5.41, 5.74) is 5.94. The molecule has 1 aromatic carbocycles. The number of phenolic OH excluding ortho intramolecular Hbond substituents is 1. The summed E-state index contributed by atoms with van der Waals surface area (Å²) in [5, 5.41) is 21.0. The molecule has 1 atom stereocenters. The second-order valence-corrected chi connectivity index (χ2v) is 5.19. The lowest BCUT2D eigenvalue weighted by molar-refractivity contribution is 0.0635. The van der Waals surface area contributed by atoms with Gasteiger partial charge in [-0.2, -0.15) is 0 Å². The highest BCUT2D eigenvalue weighted by atomic mass is 16.6. The van der Waals surface area contributed by atoms with Crippen molar-refractivity contribution in [2.45, 2.75) is 32.4 Å². The largest absolute Gasteiger partial charge is 0.508 e. The predicted molar refractivity (Wildman–Crippen MR) is 72.0 cm³/mol. The van der Waals surface area contributed by atoms with E-state index in [1.54, 1.807) is 20.8 Å². The van der Waals surface area contributed by atoms with Crippen molar-refractivity contribution in [2.75, 3.05) is 11.9 Å². The van der Waals surface area contributed by atoms with Gasteiger partial charge in [0.15, 0.2) is 0 Å². The lowest BCUT2D eigenvalue weighted by Gasteiger charge is -2.21. The Hall–Kier alpha value is -1.79. The molecule has 1 amide bonds. The molecular weight excluding hydrogens is 248 g/mol. The highest BCUT2D eigenvalue weighted by molar-refractivity contribution is 5.86. The number of aromatic hydroxyl groups is 1. The summed E-state index contributed by atoms with van der Waals surface area (Å²) >= 11 is 0. The van der Waals surface area contributed by atoms with Crippen LogP contribution in [0.4, 0.5) is 10.5 Å². The molecule has 106 valence electrons. The maximum atomic E-state index is 11.7. The highest BCUT2D eigenvalue weighted by Crippen LogP contribution is 2.26. The topological polar surface area (TPSA) is 105 Å². The Morgan fingerprint density at radius 2 is 2.11 bits per heavy atom. The zero-order valence-corrected chi connectivity index (χ0v) is 11.3. The number of nitrogens with two attached hydrogens (primary N) is 1. The number of hydrogen-bond acceptors (Lipinski definition) is 5.